The first-order valence-electron chi connectivity index (χ1n) is 6.14. The first-order chi connectivity index (χ1) is 9.81. The molecule has 114 valence electrons. The molecular weight excluding hydrogens is 302 g/mol. The molecule has 1 aliphatic rings. The number of pyridine rings is 1. The fraction of sp³-hybridized carbons (Fsp3) is 0.455. The number of sulfone groups is 1. The van der Waals surface area contributed by atoms with Crippen molar-refractivity contribution in [3.8, 4) is 0 Å². The Morgan fingerprint density at radius 1 is 1.57 bits per heavy atom. The first kappa shape index (κ1) is 15.2. The highest BCUT2D eigenvalue weighted by atomic mass is 32.2. The van der Waals surface area contributed by atoms with Gasteiger partial charge in [-0.25, -0.2) is 18.2 Å². The minimum absolute atomic E-state index is 0.0973. The van der Waals surface area contributed by atoms with E-state index in [1.807, 2.05) is 0 Å². The Morgan fingerprint density at radius 3 is 2.81 bits per heavy atom. The summed E-state index contributed by atoms with van der Waals surface area (Å²) in [5.41, 5.74) is -1.10. The summed E-state index contributed by atoms with van der Waals surface area (Å²) in [5.74, 6) is -1.20. The number of carbonyl (C=O) groups is 1. The molecule has 2 rings (SSSR count). The van der Waals surface area contributed by atoms with Crippen LogP contribution in [0.1, 0.15) is 23.2 Å². The first-order valence-corrected chi connectivity index (χ1v) is 7.86. The van der Waals surface area contributed by atoms with Crippen molar-refractivity contribution in [3.05, 3.63) is 27.9 Å². The van der Waals surface area contributed by atoms with E-state index in [2.05, 4.69) is 10.3 Å². The van der Waals surface area contributed by atoms with Crippen molar-refractivity contribution in [2.45, 2.75) is 18.1 Å². The summed E-state index contributed by atoms with van der Waals surface area (Å²) >= 11 is 0. The van der Waals surface area contributed by atoms with Gasteiger partial charge in [-0.2, -0.15) is 0 Å². The van der Waals surface area contributed by atoms with E-state index in [0.29, 0.717) is 12.8 Å². The number of anilines is 1. The lowest BCUT2D eigenvalue weighted by atomic mass is 10.2. The van der Waals surface area contributed by atoms with Gasteiger partial charge in [0.2, 0.25) is 0 Å². The molecule has 0 amide bonds. The second-order valence-corrected chi connectivity index (χ2v) is 7.06. The van der Waals surface area contributed by atoms with E-state index in [4.69, 9.17) is 5.11 Å². The molecule has 0 aromatic carbocycles. The summed E-state index contributed by atoms with van der Waals surface area (Å²) in [7, 11) is -3.12. The summed E-state index contributed by atoms with van der Waals surface area (Å²) in [6, 6.07) is 1.03. The van der Waals surface area contributed by atoms with Crippen molar-refractivity contribution in [2.24, 2.45) is 0 Å². The maximum atomic E-state index is 11.7. The molecule has 0 spiro atoms. The average molecular weight is 315 g/mol. The van der Waals surface area contributed by atoms with Crippen LogP contribution >= 0.6 is 0 Å². The van der Waals surface area contributed by atoms with E-state index < -0.39 is 37.2 Å². The smallest absolute Gasteiger partial charge is 0.342 e. The largest absolute Gasteiger partial charge is 0.477 e. The number of hydrogen-bond acceptors (Lipinski definition) is 7. The summed E-state index contributed by atoms with van der Waals surface area (Å²) in [6.45, 7) is 0.103. The number of nitrogens with zero attached hydrogens (tertiary/aromatic N) is 2. The monoisotopic (exact) mass is 315 g/mol. The zero-order valence-electron chi connectivity index (χ0n) is 10.9. The highest BCUT2D eigenvalue weighted by Gasteiger charge is 2.31. The van der Waals surface area contributed by atoms with Gasteiger partial charge in [0, 0.05) is 12.6 Å². The second-order valence-electron chi connectivity index (χ2n) is 4.66. The zero-order chi connectivity index (χ0) is 15.6. The minimum Gasteiger partial charge on any atom is -0.477 e. The number of carboxylic acids is 1. The van der Waals surface area contributed by atoms with Crippen molar-refractivity contribution >= 4 is 27.3 Å². The van der Waals surface area contributed by atoms with E-state index >= 15 is 0 Å². The molecular formula is C11H13N3O6S. The number of nitro groups is 1. The van der Waals surface area contributed by atoms with Gasteiger partial charge in [0.1, 0.15) is 17.6 Å². The molecule has 1 aromatic rings. The van der Waals surface area contributed by atoms with Gasteiger partial charge in [-0.05, 0) is 12.8 Å². The normalized spacial score (nSPS) is 20.1. The van der Waals surface area contributed by atoms with Crippen LogP contribution in [0, 0.1) is 10.1 Å². The molecule has 0 saturated carbocycles. The molecule has 1 saturated heterocycles. The molecule has 1 aliphatic heterocycles. The Hall–Kier alpha value is -2.23. The molecule has 2 heterocycles. The van der Waals surface area contributed by atoms with Crippen LogP contribution < -0.4 is 5.32 Å². The van der Waals surface area contributed by atoms with E-state index in [0.717, 1.165) is 12.3 Å². The van der Waals surface area contributed by atoms with Gasteiger partial charge < -0.3 is 10.4 Å². The summed E-state index contributed by atoms with van der Waals surface area (Å²) < 4.78 is 23.3. The lowest BCUT2D eigenvalue weighted by Gasteiger charge is -2.11. The molecule has 1 aromatic heterocycles. The number of aromatic nitrogens is 1. The number of aromatic carboxylic acids is 1. The lowest BCUT2D eigenvalue weighted by molar-refractivity contribution is -0.385. The van der Waals surface area contributed by atoms with E-state index in [1.54, 1.807) is 0 Å². The standard InChI is InChI=1S/C11H13N3O6S/c15-11(16)8-4-10(13-6-9(8)14(17)18)12-5-7-2-1-3-21(7,19)20/h4,6-7H,1-3,5H2,(H,12,13)(H,15,16). The van der Waals surface area contributed by atoms with Crippen LogP contribution in [-0.4, -0.2) is 46.9 Å². The third-order valence-electron chi connectivity index (χ3n) is 3.28. The van der Waals surface area contributed by atoms with Crippen molar-refractivity contribution in [3.63, 3.8) is 0 Å². The zero-order valence-corrected chi connectivity index (χ0v) is 11.7. The van der Waals surface area contributed by atoms with Crippen molar-refractivity contribution in [1.29, 1.82) is 0 Å². The molecule has 2 N–H and O–H groups in total. The third-order valence-corrected chi connectivity index (χ3v) is 5.56. The van der Waals surface area contributed by atoms with Crippen LogP contribution in [0.2, 0.25) is 0 Å². The van der Waals surface area contributed by atoms with Crippen LogP contribution in [0.5, 0.6) is 0 Å². The van der Waals surface area contributed by atoms with Crippen LogP contribution in [-0.2, 0) is 9.84 Å². The Labute approximate surface area is 120 Å². The summed E-state index contributed by atoms with van der Waals surface area (Å²) in [4.78, 5) is 24.6. The van der Waals surface area contributed by atoms with Crippen LogP contribution in [0.15, 0.2) is 12.3 Å². The SMILES string of the molecule is O=C(O)c1cc(NCC2CCCS2(=O)=O)ncc1[N+](=O)[O-]. The Balaban J connectivity index is 2.16. The number of rotatable bonds is 5. The molecule has 1 unspecified atom stereocenters. The number of hydrogen-bond donors (Lipinski definition) is 2. The fourth-order valence-corrected chi connectivity index (χ4v) is 3.93. The molecule has 0 bridgehead atoms. The highest BCUT2D eigenvalue weighted by molar-refractivity contribution is 7.92. The Bertz CT molecular complexity index is 687. The lowest BCUT2D eigenvalue weighted by Crippen LogP contribution is -2.25. The number of nitrogens with one attached hydrogen (secondary N) is 1. The summed E-state index contributed by atoms with van der Waals surface area (Å²) in [5, 5.41) is 21.8. The average Bonchev–Trinajstić information content (AvgIpc) is 2.74. The molecule has 1 fully saturated rings. The van der Waals surface area contributed by atoms with Crippen molar-refractivity contribution < 1.29 is 23.2 Å². The van der Waals surface area contributed by atoms with Gasteiger partial charge in [0.25, 0.3) is 0 Å². The van der Waals surface area contributed by atoms with Crippen LogP contribution in [0.4, 0.5) is 11.5 Å². The van der Waals surface area contributed by atoms with Gasteiger partial charge in [0.05, 0.1) is 15.9 Å². The van der Waals surface area contributed by atoms with E-state index in [1.165, 1.54) is 0 Å². The summed E-state index contributed by atoms with van der Waals surface area (Å²) in [6.07, 6.45) is 1.98. The van der Waals surface area contributed by atoms with Gasteiger partial charge in [-0.15, -0.1) is 0 Å². The van der Waals surface area contributed by atoms with Crippen molar-refractivity contribution in [2.75, 3.05) is 17.6 Å². The van der Waals surface area contributed by atoms with Crippen molar-refractivity contribution in [1.82, 2.24) is 4.98 Å². The molecule has 10 heteroatoms. The number of carboxylic acid groups (broad SMARTS) is 1. The predicted octanol–water partition coefficient (Wildman–Crippen LogP) is 0.677. The molecule has 9 nitrogen and oxygen atoms in total. The maximum absolute atomic E-state index is 11.7. The molecule has 1 atom stereocenters. The van der Waals surface area contributed by atoms with E-state index in [-0.39, 0.29) is 18.1 Å². The minimum atomic E-state index is -3.12. The van der Waals surface area contributed by atoms with E-state index in [9.17, 15) is 23.3 Å². The Kier molecular flexibility index (Phi) is 4.07. The van der Waals surface area contributed by atoms with Gasteiger partial charge in [-0.3, -0.25) is 10.1 Å². The van der Waals surface area contributed by atoms with Crippen LogP contribution in [0.25, 0.3) is 0 Å². The van der Waals surface area contributed by atoms with Crippen LogP contribution in [0.3, 0.4) is 0 Å². The van der Waals surface area contributed by atoms with Gasteiger partial charge in [0.15, 0.2) is 9.84 Å². The molecule has 0 radical (unpaired) electrons. The topological polar surface area (TPSA) is 140 Å². The van der Waals surface area contributed by atoms with Gasteiger partial charge in [-0.1, -0.05) is 0 Å². The third kappa shape index (κ3) is 3.27. The predicted molar refractivity (Wildman–Crippen MR) is 73.1 cm³/mol. The van der Waals surface area contributed by atoms with Gasteiger partial charge >= 0.3 is 11.7 Å². The second kappa shape index (κ2) is 5.64. The molecule has 21 heavy (non-hydrogen) atoms. The Morgan fingerprint density at radius 2 is 2.29 bits per heavy atom. The fourth-order valence-electron chi connectivity index (χ4n) is 2.17. The highest BCUT2D eigenvalue weighted by Crippen LogP contribution is 2.23. The molecule has 0 aliphatic carbocycles. The maximum Gasteiger partial charge on any atom is 0.342 e. The quantitative estimate of drug-likeness (QED) is 0.597.